The van der Waals surface area contributed by atoms with E-state index in [2.05, 4.69) is 43.7 Å². The van der Waals surface area contributed by atoms with Crippen molar-refractivity contribution in [1.82, 2.24) is 5.32 Å². The maximum atomic E-state index is 8.74. The first-order chi connectivity index (χ1) is 10.7. The van der Waals surface area contributed by atoms with Crippen molar-refractivity contribution in [3.05, 3.63) is 58.6 Å². The van der Waals surface area contributed by atoms with Gasteiger partial charge in [0.2, 0.25) is 0 Å². The van der Waals surface area contributed by atoms with Crippen molar-refractivity contribution in [1.29, 1.82) is 5.26 Å². The first kappa shape index (κ1) is 16.4. The van der Waals surface area contributed by atoms with Gasteiger partial charge in [-0.25, -0.2) is 4.99 Å². The lowest BCUT2D eigenvalue weighted by molar-refractivity contribution is 1.15. The van der Waals surface area contributed by atoms with Crippen molar-refractivity contribution in [3.8, 4) is 6.19 Å². The molecule has 0 amide bonds. The number of rotatable bonds is 4. The second-order valence-corrected chi connectivity index (χ2v) is 6.07. The highest BCUT2D eigenvalue weighted by molar-refractivity contribution is 9.10. The quantitative estimate of drug-likeness (QED) is 0.358. The van der Waals surface area contributed by atoms with Crippen LogP contribution in [0.5, 0.6) is 0 Å². The van der Waals surface area contributed by atoms with E-state index in [4.69, 9.17) is 5.26 Å². The van der Waals surface area contributed by atoms with Crippen molar-refractivity contribution < 1.29 is 0 Å². The average Bonchev–Trinajstić information content (AvgIpc) is 2.54. The molecule has 0 spiro atoms. The van der Waals surface area contributed by atoms with Gasteiger partial charge in [0.05, 0.1) is 11.4 Å². The predicted octanol–water partition coefficient (Wildman–Crippen LogP) is 4.48. The van der Waals surface area contributed by atoms with Gasteiger partial charge in [-0.3, -0.25) is 5.32 Å². The third-order valence-corrected chi connectivity index (χ3v) is 3.94. The van der Waals surface area contributed by atoms with Gasteiger partial charge in [-0.2, -0.15) is 5.26 Å². The summed E-state index contributed by atoms with van der Waals surface area (Å²) in [5.41, 5.74) is 2.89. The molecule has 0 fully saturated rings. The monoisotopic (exact) mass is 374 g/mol. The molecule has 2 aromatic carbocycles. The van der Waals surface area contributed by atoms with E-state index in [1.165, 1.54) is 17.3 Å². The van der Waals surface area contributed by atoms with Gasteiger partial charge >= 0.3 is 0 Å². The summed E-state index contributed by atoms with van der Waals surface area (Å²) in [6.45, 7) is 0.714. The summed E-state index contributed by atoms with van der Waals surface area (Å²) in [5.74, 6) is 0. The average molecular weight is 375 g/mol. The molecule has 2 N–H and O–H groups in total. The number of thioether (sulfide) groups is 1. The Morgan fingerprint density at radius 3 is 2.73 bits per heavy atom. The van der Waals surface area contributed by atoms with Gasteiger partial charge in [0.1, 0.15) is 0 Å². The summed E-state index contributed by atoms with van der Waals surface area (Å²) in [5, 5.41) is 15.3. The first-order valence-electron chi connectivity index (χ1n) is 6.58. The van der Waals surface area contributed by atoms with Crippen LogP contribution in [0, 0.1) is 11.5 Å². The van der Waals surface area contributed by atoms with Crippen LogP contribution in [0.2, 0.25) is 0 Å². The number of anilines is 1. The van der Waals surface area contributed by atoms with E-state index < -0.39 is 0 Å². The number of benzene rings is 2. The van der Waals surface area contributed by atoms with E-state index in [0.29, 0.717) is 11.7 Å². The van der Waals surface area contributed by atoms with Crippen LogP contribution in [-0.2, 0) is 6.54 Å². The molecular formula is C16H15BrN4S. The molecule has 0 heterocycles. The number of aliphatic imine (C=N–C) groups is 1. The van der Waals surface area contributed by atoms with Gasteiger partial charge in [0, 0.05) is 11.0 Å². The second kappa shape index (κ2) is 8.47. The molecule has 22 heavy (non-hydrogen) atoms. The smallest absolute Gasteiger partial charge is 0.183 e. The summed E-state index contributed by atoms with van der Waals surface area (Å²) in [7, 11) is 0. The lowest BCUT2D eigenvalue weighted by atomic mass is 10.2. The molecule has 2 rings (SSSR count). The van der Waals surface area contributed by atoms with E-state index >= 15 is 0 Å². The van der Waals surface area contributed by atoms with Crippen molar-refractivity contribution in [2.24, 2.45) is 4.99 Å². The predicted molar refractivity (Wildman–Crippen MR) is 97.3 cm³/mol. The maximum absolute atomic E-state index is 8.74. The largest absolute Gasteiger partial charge is 0.379 e. The molecule has 0 bridgehead atoms. The Bertz CT molecular complexity index is 695. The number of halogens is 1. The number of nitrogens with one attached hydrogen (secondary N) is 2. The molecule has 0 saturated heterocycles. The Hall–Kier alpha value is -1.97. The standard InChI is InChI=1S/C16H15BrN4S/c1-22-16(20-11-18)21-15-9-13(17)7-8-14(15)19-10-12-5-3-2-4-6-12/h2-9,19H,10H2,1H3,(H,20,21). The Kier molecular flexibility index (Phi) is 6.31. The molecule has 4 nitrogen and oxygen atoms in total. The van der Waals surface area contributed by atoms with Crippen LogP contribution in [-0.4, -0.2) is 11.4 Å². The molecule has 2 aromatic rings. The van der Waals surface area contributed by atoms with Crippen LogP contribution in [0.4, 0.5) is 11.4 Å². The fourth-order valence-corrected chi connectivity index (χ4v) is 2.51. The fraction of sp³-hybridized carbons (Fsp3) is 0.125. The van der Waals surface area contributed by atoms with Crippen LogP contribution in [0.25, 0.3) is 0 Å². The van der Waals surface area contributed by atoms with E-state index in [-0.39, 0.29) is 0 Å². The Labute approximate surface area is 142 Å². The first-order valence-corrected chi connectivity index (χ1v) is 8.60. The van der Waals surface area contributed by atoms with Crippen LogP contribution in [0.3, 0.4) is 0 Å². The van der Waals surface area contributed by atoms with Gasteiger partial charge in [-0.05, 0) is 30.0 Å². The molecule has 0 radical (unpaired) electrons. The van der Waals surface area contributed by atoms with Crippen LogP contribution in [0.1, 0.15) is 5.56 Å². The van der Waals surface area contributed by atoms with Gasteiger partial charge < -0.3 is 5.32 Å². The highest BCUT2D eigenvalue weighted by Gasteiger charge is 2.05. The summed E-state index contributed by atoms with van der Waals surface area (Å²) in [6, 6.07) is 16.0. The zero-order chi connectivity index (χ0) is 15.8. The number of hydrogen-bond donors (Lipinski definition) is 2. The molecule has 6 heteroatoms. The lowest BCUT2D eigenvalue weighted by Gasteiger charge is -2.11. The minimum atomic E-state index is 0.559. The third kappa shape index (κ3) is 4.79. The van der Waals surface area contributed by atoms with Gasteiger partial charge in [0.15, 0.2) is 11.4 Å². The highest BCUT2D eigenvalue weighted by atomic mass is 79.9. The molecular weight excluding hydrogens is 360 g/mol. The van der Waals surface area contributed by atoms with Crippen LogP contribution in [0.15, 0.2) is 58.0 Å². The normalized spacial score (nSPS) is 10.9. The van der Waals surface area contributed by atoms with Gasteiger partial charge in [-0.1, -0.05) is 58.0 Å². The summed E-state index contributed by atoms with van der Waals surface area (Å²) >= 11 is 4.85. The zero-order valence-corrected chi connectivity index (χ0v) is 14.4. The van der Waals surface area contributed by atoms with E-state index in [9.17, 15) is 0 Å². The molecule has 0 unspecified atom stereocenters. The number of hydrogen-bond acceptors (Lipinski definition) is 4. The number of nitrogens with zero attached hydrogens (tertiary/aromatic N) is 2. The number of nitriles is 1. The van der Waals surface area contributed by atoms with Crippen LogP contribution >= 0.6 is 27.7 Å². The molecule has 0 aliphatic carbocycles. The number of amidine groups is 1. The molecule has 0 aliphatic rings. The third-order valence-electron chi connectivity index (χ3n) is 2.86. The van der Waals surface area contributed by atoms with Crippen molar-refractivity contribution in [2.45, 2.75) is 6.54 Å². The summed E-state index contributed by atoms with van der Waals surface area (Å²) in [6.07, 6.45) is 3.77. The van der Waals surface area contributed by atoms with Gasteiger partial charge in [0.25, 0.3) is 0 Å². The van der Waals surface area contributed by atoms with E-state index in [0.717, 1.165) is 15.8 Å². The summed E-state index contributed by atoms with van der Waals surface area (Å²) < 4.78 is 0.939. The van der Waals surface area contributed by atoms with Crippen molar-refractivity contribution in [2.75, 3.05) is 11.6 Å². The van der Waals surface area contributed by atoms with E-state index in [1.807, 2.05) is 48.8 Å². The molecule has 0 atom stereocenters. The Morgan fingerprint density at radius 1 is 1.27 bits per heavy atom. The minimum Gasteiger partial charge on any atom is -0.379 e. The maximum Gasteiger partial charge on any atom is 0.183 e. The van der Waals surface area contributed by atoms with Crippen LogP contribution < -0.4 is 10.6 Å². The van der Waals surface area contributed by atoms with Crippen molar-refractivity contribution in [3.63, 3.8) is 0 Å². The minimum absolute atomic E-state index is 0.559. The SMILES string of the molecule is CSC(=Nc1cc(Br)ccc1NCc1ccccc1)NC#N. The molecule has 0 saturated carbocycles. The fourth-order valence-electron chi connectivity index (χ4n) is 1.82. The van der Waals surface area contributed by atoms with Crippen molar-refractivity contribution >= 4 is 44.2 Å². The Morgan fingerprint density at radius 2 is 2.05 bits per heavy atom. The topological polar surface area (TPSA) is 60.2 Å². The summed E-state index contributed by atoms with van der Waals surface area (Å²) in [4.78, 5) is 4.49. The van der Waals surface area contributed by atoms with E-state index in [1.54, 1.807) is 0 Å². The molecule has 0 aliphatic heterocycles. The Balaban J connectivity index is 2.22. The van der Waals surface area contributed by atoms with Gasteiger partial charge in [-0.15, -0.1) is 0 Å². The lowest BCUT2D eigenvalue weighted by Crippen LogP contribution is -2.12. The second-order valence-electron chi connectivity index (χ2n) is 4.36. The zero-order valence-electron chi connectivity index (χ0n) is 12.0. The highest BCUT2D eigenvalue weighted by Crippen LogP contribution is 2.30. The molecule has 0 aromatic heterocycles. The molecule has 112 valence electrons.